The van der Waals surface area contributed by atoms with Crippen LogP contribution in [-0.2, 0) is 5.41 Å². The monoisotopic (exact) mass is 517 g/mol. The predicted molar refractivity (Wildman–Crippen MR) is 143 cm³/mol. The fourth-order valence-electron chi connectivity index (χ4n) is 3.85. The maximum atomic E-state index is 15.5. The lowest BCUT2D eigenvalue weighted by Crippen LogP contribution is -2.28. The number of hydrogen-bond acceptors (Lipinski definition) is 8. The van der Waals surface area contributed by atoms with Crippen LogP contribution in [0.2, 0.25) is 0 Å². The molecule has 3 aromatic heterocycles. The number of halogens is 1. The standard InChI is InChI=1S/C28H32FN7O2/c1-15(2)18-8-11-22(30-13-18)34-23-12-21(31-14-32-23)20-10-9-19(16(3)24(20)29)17(4)33-25(37)26-35-27(36-38-26)28(5,6)7/h8-15,17H,1-7H3,(H,33,37)(H,30,31,32,34)/t17-/m1/s1. The Bertz CT molecular complexity index is 1440. The second-order valence-corrected chi connectivity index (χ2v) is 10.6. The van der Waals surface area contributed by atoms with Crippen LogP contribution < -0.4 is 10.6 Å². The van der Waals surface area contributed by atoms with Gasteiger partial charge in [0.25, 0.3) is 0 Å². The molecule has 38 heavy (non-hydrogen) atoms. The van der Waals surface area contributed by atoms with E-state index in [9.17, 15) is 4.79 Å². The van der Waals surface area contributed by atoms with E-state index in [4.69, 9.17) is 4.52 Å². The highest BCUT2D eigenvalue weighted by Gasteiger charge is 2.25. The van der Waals surface area contributed by atoms with Gasteiger partial charge in [-0.15, -0.1) is 0 Å². The minimum Gasteiger partial charge on any atom is -0.341 e. The second-order valence-electron chi connectivity index (χ2n) is 10.6. The Balaban J connectivity index is 1.51. The molecule has 1 aromatic carbocycles. The van der Waals surface area contributed by atoms with Crippen molar-refractivity contribution < 1.29 is 13.7 Å². The van der Waals surface area contributed by atoms with E-state index in [0.29, 0.717) is 45.8 Å². The number of nitrogens with one attached hydrogen (secondary N) is 2. The minimum atomic E-state index is -0.522. The molecule has 0 fully saturated rings. The molecule has 0 aliphatic heterocycles. The van der Waals surface area contributed by atoms with Gasteiger partial charge in [0.15, 0.2) is 5.82 Å². The van der Waals surface area contributed by atoms with Gasteiger partial charge in [-0.25, -0.2) is 19.3 Å². The smallest absolute Gasteiger partial charge is 0.315 e. The number of hydrogen-bond donors (Lipinski definition) is 2. The Morgan fingerprint density at radius 3 is 2.42 bits per heavy atom. The van der Waals surface area contributed by atoms with Crippen molar-refractivity contribution in [2.24, 2.45) is 0 Å². The largest absolute Gasteiger partial charge is 0.341 e. The third-order valence-corrected chi connectivity index (χ3v) is 6.19. The number of rotatable bonds is 7. The van der Waals surface area contributed by atoms with Gasteiger partial charge < -0.3 is 15.2 Å². The van der Waals surface area contributed by atoms with Crippen molar-refractivity contribution in [3.63, 3.8) is 0 Å². The normalized spacial score (nSPS) is 12.4. The number of pyridine rings is 1. The number of carbonyl (C=O) groups is 1. The average Bonchev–Trinajstić information content (AvgIpc) is 3.37. The van der Waals surface area contributed by atoms with Crippen molar-refractivity contribution >= 4 is 17.5 Å². The zero-order valence-corrected chi connectivity index (χ0v) is 22.6. The van der Waals surface area contributed by atoms with Crippen molar-refractivity contribution in [3.05, 3.63) is 77.1 Å². The number of benzene rings is 1. The zero-order chi connectivity index (χ0) is 27.6. The summed E-state index contributed by atoms with van der Waals surface area (Å²) in [6.45, 7) is 13.4. The first-order chi connectivity index (χ1) is 17.9. The second kappa shape index (κ2) is 10.6. The Morgan fingerprint density at radius 2 is 1.79 bits per heavy atom. The van der Waals surface area contributed by atoms with Gasteiger partial charge in [0, 0.05) is 23.2 Å². The molecule has 0 unspecified atom stereocenters. The summed E-state index contributed by atoms with van der Waals surface area (Å²) >= 11 is 0. The van der Waals surface area contributed by atoms with E-state index in [1.54, 1.807) is 32.0 Å². The summed E-state index contributed by atoms with van der Waals surface area (Å²) in [6.07, 6.45) is 3.20. The molecule has 4 rings (SSSR count). The van der Waals surface area contributed by atoms with E-state index in [2.05, 4.69) is 49.6 Å². The maximum absolute atomic E-state index is 15.5. The molecule has 0 aliphatic carbocycles. The van der Waals surface area contributed by atoms with E-state index in [-0.39, 0.29) is 11.3 Å². The molecule has 198 valence electrons. The molecular weight excluding hydrogens is 485 g/mol. The van der Waals surface area contributed by atoms with Crippen LogP contribution >= 0.6 is 0 Å². The summed E-state index contributed by atoms with van der Waals surface area (Å²) in [5.74, 6) is 0.857. The topological polar surface area (TPSA) is 119 Å². The van der Waals surface area contributed by atoms with Gasteiger partial charge in [-0.1, -0.05) is 51.9 Å². The minimum absolute atomic E-state index is 0.133. The summed E-state index contributed by atoms with van der Waals surface area (Å²) in [5, 5.41) is 9.83. The molecule has 10 heteroatoms. The first-order valence-corrected chi connectivity index (χ1v) is 12.4. The number of aromatic nitrogens is 5. The number of anilines is 2. The number of nitrogens with zero attached hydrogens (tertiary/aromatic N) is 5. The van der Waals surface area contributed by atoms with Crippen LogP contribution in [0.1, 0.15) is 86.7 Å². The highest BCUT2D eigenvalue weighted by atomic mass is 19.1. The SMILES string of the molecule is Cc1c([C@@H](C)NC(=O)c2nc(C(C)(C)C)no2)ccc(-c2cc(Nc3ccc(C(C)C)cn3)ncn2)c1F. The van der Waals surface area contributed by atoms with E-state index < -0.39 is 17.8 Å². The molecule has 3 heterocycles. The lowest BCUT2D eigenvalue weighted by molar-refractivity contribution is 0.0895. The molecule has 0 spiro atoms. The van der Waals surface area contributed by atoms with Crippen LogP contribution in [0.25, 0.3) is 11.3 Å². The molecule has 0 radical (unpaired) electrons. The van der Waals surface area contributed by atoms with E-state index in [1.807, 2.05) is 39.1 Å². The fourth-order valence-corrected chi connectivity index (χ4v) is 3.85. The maximum Gasteiger partial charge on any atom is 0.315 e. The van der Waals surface area contributed by atoms with Crippen LogP contribution in [0.4, 0.5) is 16.0 Å². The van der Waals surface area contributed by atoms with Gasteiger partial charge in [-0.3, -0.25) is 4.79 Å². The zero-order valence-electron chi connectivity index (χ0n) is 22.6. The molecule has 1 amide bonds. The molecular formula is C28H32FN7O2. The number of amides is 1. The summed E-state index contributed by atoms with van der Waals surface area (Å²) in [7, 11) is 0. The summed E-state index contributed by atoms with van der Waals surface area (Å²) in [5.41, 5.74) is 2.55. The summed E-state index contributed by atoms with van der Waals surface area (Å²) in [6, 6.07) is 8.47. The van der Waals surface area contributed by atoms with Crippen molar-refractivity contribution in [3.8, 4) is 11.3 Å². The molecule has 4 aromatic rings. The molecule has 0 saturated carbocycles. The van der Waals surface area contributed by atoms with Crippen LogP contribution in [0.15, 0.2) is 47.4 Å². The summed E-state index contributed by atoms with van der Waals surface area (Å²) in [4.78, 5) is 29.8. The van der Waals surface area contributed by atoms with Gasteiger partial charge in [-0.05, 0) is 48.6 Å². The molecule has 0 aliphatic rings. The van der Waals surface area contributed by atoms with Gasteiger partial charge in [0.1, 0.15) is 23.8 Å². The Hall–Kier alpha value is -4.21. The van der Waals surface area contributed by atoms with E-state index >= 15 is 4.39 Å². The van der Waals surface area contributed by atoms with Crippen molar-refractivity contribution in [1.82, 2.24) is 30.4 Å². The van der Waals surface area contributed by atoms with Crippen molar-refractivity contribution in [2.45, 2.75) is 65.8 Å². The average molecular weight is 518 g/mol. The quantitative estimate of drug-likeness (QED) is 0.305. The van der Waals surface area contributed by atoms with Gasteiger partial charge >= 0.3 is 11.8 Å². The van der Waals surface area contributed by atoms with Gasteiger partial charge in [0.05, 0.1) is 11.7 Å². The van der Waals surface area contributed by atoms with Crippen molar-refractivity contribution in [2.75, 3.05) is 5.32 Å². The molecule has 0 saturated heterocycles. The van der Waals surface area contributed by atoms with Crippen LogP contribution in [0.5, 0.6) is 0 Å². The van der Waals surface area contributed by atoms with Gasteiger partial charge in [0.2, 0.25) is 0 Å². The van der Waals surface area contributed by atoms with Crippen molar-refractivity contribution in [1.29, 1.82) is 0 Å². The van der Waals surface area contributed by atoms with Gasteiger partial charge in [-0.2, -0.15) is 4.98 Å². The highest BCUT2D eigenvalue weighted by Crippen LogP contribution is 2.30. The first kappa shape index (κ1) is 26.8. The van der Waals surface area contributed by atoms with E-state index in [1.165, 1.54) is 6.33 Å². The fraction of sp³-hybridized carbons (Fsp3) is 0.357. The highest BCUT2D eigenvalue weighted by molar-refractivity contribution is 5.89. The predicted octanol–water partition coefficient (Wildman–Crippen LogP) is 6.02. The molecule has 0 bridgehead atoms. The lowest BCUT2D eigenvalue weighted by Gasteiger charge is -2.17. The Morgan fingerprint density at radius 1 is 1.03 bits per heavy atom. The Labute approximate surface area is 221 Å². The first-order valence-electron chi connectivity index (χ1n) is 12.4. The third kappa shape index (κ3) is 5.85. The Kier molecular flexibility index (Phi) is 7.52. The third-order valence-electron chi connectivity index (χ3n) is 6.19. The van der Waals surface area contributed by atoms with Crippen LogP contribution in [0, 0.1) is 12.7 Å². The van der Waals surface area contributed by atoms with Crippen LogP contribution in [-0.4, -0.2) is 31.0 Å². The lowest BCUT2D eigenvalue weighted by atomic mass is 9.96. The molecule has 9 nitrogen and oxygen atoms in total. The molecule has 2 N–H and O–H groups in total. The van der Waals surface area contributed by atoms with Crippen LogP contribution in [0.3, 0.4) is 0 Å². The number of carbonyl (C=O) groups excluding carboxylic acids is 1. The molecule has 1 atom stereocenters. The summed E-state index contributed by atoms with van der Waals surface area (Å²) < 4.78 is 20.7. The van der Waals surface area contributed by atoms with E-state index in [0.717, 1.165) is 5.56 Å².